The van der Waals surface area contributed by atoms with E-state index in [0.29, 0.717) is 67.9 Å². The lowest BCUT2D eigenvalue weighted by atomic mass is 10.0. The first kappa shape index (κ1) is 30.1. The SMILES string of the molecule is COCCOCCOCCNC(=O)c1cc2cc(N3CCC(O)(C(=O)NCc4cc(F)cc(F)c4)C3=O)ccc2[nH]1. The summed E-state index contributed by atoms with van der Waals surface area (Å²) in [5.41, 5.74) is -0.772. The monoisotopic (exact) mass is 574 g/mol. The number of hydrogen-bond donors (Lipinski definition) is 4. The van der Waals surface area contributed by atoms with Gasteiger partial charge in [-0.05, 0) is 42.0 Å². The first-order valence-electron chi connectivity index (χ1n) is 13.0. The lowest BCUT2D eigenvalue weighted by Gasteiger charge is -2.22. The Morgan fingerprint density at radius 2 is 1.71 bits per heavy atom. The largest absolute Gasteiger partial charge is 0.382 e. The highest BCUT2D eigenvalue weighted by atomic mass is 19.1. The molecule has 1 atom stereocenters. The highest BCUT2D eigenvalue weighted by Gasteiger charge is 2.51. The summed E-state index contributed by atoms with van der Waals surface area (Å²) in [5, 5.41) is 16.7. The third-order valence-electron chi connectivity index (χ3n) is 6.54. The Balaban J connectivity index is 1.31. The number of aliphatic hydroxyl groups is 1. The van der Waals surface area contributed by atoms with Gasteiger partial charge in [-0.2, -0.15) is 0 Å². The van der Waals surface area contributed by atoms with E-state index in [1.54, 1.807) is 31.4 Å². The van der Waals surface area contributed by atoms with Crippen LogP contribution in [0.3, 0.4) is 0 Å². The van der Waals surface area contributed by atoms with Crippen molar-refractivity contribution in [2.45, 2.75) is 18.6 Å². The van der Waals surface area contributed by atoms with Crippen molar-refractivity contribution in [1.82, 2.24) is 15.6 Å². The average molecular weight is 575 g/mol. The maximum absolute atomic E-state index is 13.4. The second-order valence-corrected chi connectivity index (χ2v) is 9.46. The topological polar surface area (TPSA) is 142 Å². The van der Waals surface area contributed by atoms with Crippen LogP contribution in [0.15, 0.2) is 42.5 Å². The lowest BCUT2D eigenvalue weighted by Crippen LogP contribution is -2.52. The molecule has 220 valence electrons. The summed E-state index contributed by atoms with van der Waals surface area (Å²) >= 11 is 0. The van der Waals surface area contributed by atoms with Gasteiger partial charge >= 0.3 is 0 Å². The van der Waals surface area contributed by atoms with Gasteiger partial charge in [0.2, 0.25) is 5.60 Å². The number of anilines is 1. The summed E-state index contributed by atoms with van der Waals surface area (Å²) < 4.78 is 42.4. The molecule has 2 aromatic carbocycles. The number of rotatable bonds is 14. The van der Waals surface area contributed by atoms with Crippen LogP contribution in [0.1, 0.15) is 22.5 Å². The number of fused-ring (bicyclic) bond motifs is 1. The molecule has 1 aliphatic heterocycles. The molecule has 41 heavy (non-hydrogen) atoms. The van der Waals surface area contributed by atoms with Crippen molar-refractivity contribution in [3.8, 4) is 0 Å². The minimum atomic E-state index is -2.33. The molecule has 3 amide bonds. The Hall–Kier alpha value is -3.91. The molecule has 3 aromatic rings. The first-order valence-corrected chi connectivity index (χ1v) is 13.0. The fourth-order valence-electron chi connectivity index (χ4n) is 4.41. The van der Waals surface area contributed by atoms with Crippen molar-refractivity contribution < 1.29 is 42.5 Å². The van der Waals surface area contributed by atoms with E-state index in [4.69, 9.17) is 14.2 Å². The van der Waals surface area contributed by atoms with E-state index in [1.165, 1.54) is 4.90 Å². The van der Waals surface area contributed by atoms with E-state index >= 15 is 0 Å². The zero-order chi connectivity index (χ0) is 29.4. The molecule has 1 saturated heterocycles. The fraction of sp³-hybridized carbons (Fsp3) is 0.393. The predicted molar refractivity (Wildman–Crippen MR) is 144 cm³/mol. The molecule has 0 spiro atoms. The quantitative estimate of drug-likeness (QED) is 0.169. The van der Waals surface area contributed by atoms with E-state index in [2.05, 4.69) is 15.6 Å². The number of hydrogen-bond acceptors (Lipinski definition) is 7. The molecule has 0 bridgehead atoms. The average Bonchev–Trinajstić information content (AvgIpc) is 3.51. The van der Waals surface area contributed by atoms with Gasteiger partial charge in [-0.25, -0.2) is 8.78 Å². The van der Waals surface area contributed by atoms with Crippen molar-refractivity contribution in [3.63, 3.8) is 0 Å². The third kappa shape index (κ3) is 7.44. The van der Waals surface area contributed by atoms with Gasteiger partial charge in [-0.15, -0.1) is 0 Å². The van der Waals surface area contributed by atoms with Crippen LogP contribution in [0.5, 0.6) is 0 Å². The molecule has 1 fully saturated rings. The summed E-state index contributed by atoms with van der Waals surface area (Å²) in [4.78, 5) is 42.7. The van der Waals surface area contributed by atoms with Crippen molar-refractivity contribution in [2.75, 3.05) is 58.1 Å². The lowest BCUT2D eigenvalue weighted by molar-refractivity contribution is -0.149. The van der Waals surface area contributed by atoms with Gasteiger partial charge < -0.3 is 39.8 Å². The van der Waals surface area contributed by atoms with Crippen LogP contribution in [0.25, 0.3) is 10.9 Å². The fourth-order valence-corrected chi connectivity index (χ4v) is 4.41. The maximum Gasteiger partial charge on any atom is 0.268 e. The Labute approximate surface area is 234 Å². The molecule has 2 heterocycles. The van der Waals surface area contributed by atoms with Crippen molar-refractivity contribution in [1.29, 1.82) is 0 Å². The zero-order valence-electron chi connectivity index (χ0n) is 22.5. The number of carbonyl (C=O) groups excluding carboxylic acids is 3. The van der Waals surface area contributed by atoms with Gasteiger partial charge in [0.25, 0.3) is 17.7 Å². The van der Waals surface area contributed by atoms with Gasteiger partial charge in [-0.1, -0.05) is 0 Å². The second kappa shape index (κ2) is 13.6. The number of benzene rings is 2. The minimum absolute atomic E-state index is 0.0675. The van der Waals surface area contributed by atoms with E-state index < -0.39 is 29.0 Å². The Kier molecular flexibility index (Phi) is 10.00. The second-order valence-electron chi connectivity index (χ2n) is 9.46. The predicted octanol–water partition coefficient (Wildman–Crippen LogP) is 1.64. The van der Waals surface area contributed by atoms with Crippen LogP contribution in [0.4, 0.5) is 14.5 Å². The number of H-pyrrole nitrogens is 1. The normalized spacial score (nSPS) is 16.9. The van der Waals surface area contributed by atoms with Gasteiger partial charge in [-0.3, -0.25) is 14.4 Å². The van der Waals surface area contributed by atoms with Crippen molar-refractivity contribution in [3.05, 3.63) is 65.4 Å². The molecule has 1 aromatic heterocycles. The number of ether oxygens (including phenoxy) is 3. The van der Waals surface area contributed by atoms with Crippen LogP contribution in [-0.2, 0) is 30.3 Å². The van der Waals surface area contributed by atoms with Crippen LogP contribution in [-0.4, -0.2) is 86.6 Å². The van der Waals surface area contributed by atoms with Gasteiger partial charge in [0.05, 0.1) is 33.0 Å². The van der Waals surface area contributed by atoms with Crippen LogP contribution in [0.2, 0.25) is 0 Å². The summed E-state index contributed by atoms with van der Waals surface area (Å²) in [6, 6.07) is 9.44. The minimum Gasteiger partial charge on any atom is -0.382 e. The van der Waals surface area contributed by atoms with E-state index in [-0.39, 0.29) is 31.0 Å². The number of aromatic nitrogens is 1. The summed E-state index contributed by atoms with van der Waals surface area (Å²) in [5.74, 6) is -3.72. The van der Waals surface area contributed by atoms with Crippen LogP contribution in [0, 0.1) is 11.6 Å². The number of nitrogens with one attached hydrogen (secondary N) is 3. The molecule has 1 aliphatic rings. The molecule has 4 rings (SSSR count). The number of halogens is 2. The molecular weight excluding hydrogens is 542 g/mol. The van der Waals surface area contributed by atoms with E-state index in [0.717, 1.165) is 12.1 Å². The van der Waals surface area contributed by atoms with Gasteiger partial charge in [0, 0.05) is 55.8 Å². The first-order chi connectivity index (χ1) is 19.7. The maximum atomic E-state index is 13.4. The molecule has 1 unspecified atom stereocenters. The third-order valence-corrected chi connectivity index (χ3v) is 6.54. The Bertz CT molecular complexity index is 1380. The number of aromatic amines is 1. The number of carbonyl (C=O) groups is 3. The van der Waals surface area contributed by atoms with Crippen molar-refractivity contribution >= 4 is 34.3 Å². The molecule has 11 nitrogen and oxygen atoms in total. The molecule has 0 saturated carbocycles. The summed E-state index contributed by atoms with van der Waals surface area (Å²) in [7, 11) is 1.60. The van der Waals surface area contributed by atoms with Crippen LogP contribution >= 0.6 is 0 Å². The highest BCUT2D eigenvalue weighted by Crippen LogP contribution is 2.31. The highest BCUT2D eigenvalue weighted by molar-refractivity contribution is 6.16. The van der Waals surface area contributed by atoms with Crippen molar-refractivity contribution in [2.24, 2.45) is 0 Å². The Morgan fingerprint density at radius 1 is 1.00 bits per heavy atom. The number of amides is 3. The van der Waals surface area contributed by atoms with Gasteiger partial charge in [0.1, 0.15) is 17.3 Å². The summed E-state index contributed by atoms with van der Waals surface area (Å²) in [6.45, 7) is 2.25. The zero-order valence-corrected chi connectivity index (χ0v) is 22.5. The molecule has 0 aliphatic carbocycles. The van der Waals surface area contributed by atoms with Gasteiger partial charge in [0.15, 0.2) is 0 Å². The molecule has 0 radical (unpaired) electrons. The van der Waals surface area contributed by atoms with E-state index in [9.17, 15) is 28.3 Å². The summed E-state index contributed by atoms with van der Waals surface area (Å²) in [6.07, 6.45) is -0.171. The smallest absolute Gasteiger partial charge is 0.268 e. The molecule has 4 N–H and O–H groups in total. The van der Waals surface area contributed by atoms with E-state index in [1.807, 2.05) is 0 Å². The van der Waals surface area contributed by atoms with Crippen LogP contribution < -0.4 is 15.5 Å². The Morgan fingerprint density at radius 3 is 2.44 bits per heavy atom. The molecule has 13 heteroatoms. The number of methoxy groups -OCH3 is 1. The molecular formula is C28H32F2N4O7. The number of nitrogens with zero attached hydrogens (tertiary/aromatic N) is 1. The standard InChI is InChI=1S/C28H32F2N4O7/c1-39-8-9-41-11-10-40-7-5-31-25(35)24-15-19-14-22(2-3-23(19)33-24)34-6-4-28(38,27(34)37)26(36)32-17-18-12-20(29)16-21(30)13-18/h2-3,12-16,33,38H,4-11,17H2,1H3,(H,31,35)(H,32,36).